The zero-order valence-electron chi connectivity index (χ0n) is 9.53. The molecule has 1 atom stereocenters. The normalized spacial score (nSPS) is 12.3. The molecule has 0 saturated heterocycles. The Labute approximate surface area is 90.9 Å². The maximum atomic E-state index is 12.0. The molecule has 0 bridgehead atoms. The van der Waals surface area contributed by atoms with Gasteiger partial charge in [-0.15, -0.1) is 0 Å². The first-order valence-corrected chi connectivity index (χ1v) is 5.09. The molecule has 1 aromatic carbocycles. The van der Waals surface area contributed by atoms with Crippen molar-refractivity contribution in [3.05, 3.63) is 35.4 Å². The van der Waals surface area contributed by atoms with Gasteiger partial charge in [-0.3, -0.25) is 4.79 Å². The number of aryl methyl sites for hydroxylation is 1. The van der Waals surface area contributed by atoms with Gasteiger partial charge in [0.15, 0.2) is 0 Å². The predicted octanol–water partition coefficient (Wildman–Crippen LogP) is 1.41. The second-order valence-corrected chi connectivity index (χ2v) is 3.98. The Morgan fingerprint density at radius 3 is 2.60 bits per heavy atom. The number of rotatable bonds is 3. The molecule has 0 spiro atoms. The lowest BCUT2D eigenvalue weighted by Gasteiger charge is -2.20. The van der Waals surface area contributed by atoms with Crippen molar-refractivity contribution in [3.8, 4) is 0 Å². The standard InChI is InChI=1S/C12H18N2O/c1-9-6-4-5-7-11(9)12(15)14(3)8-10(2)13/h4-7,10H,8,13H2,1-3H3. The largest absolute Gasteiger partial charge is 0.340 e. The fraction of sp³-hybridized carbons (Fsp3) is 0.417. The van der Waals surface area contributed by atoms with Crippen LogP contribution in [0.25, 0.3) is 0 Å². The third-order valence-corrected chi connectivity index (χ3v) is 2.28. The highest BCUT2D eigenvalue weighted by molar-refractivity contribution is 5.95. The van der Waals surface area contributed by atoms with Crippen LogP contribution in [0.4, 0.5) is 0 Å². The lowest BCUT2D eigenvalue weighted by Crippen LogP contribution is -2.37. The van der Waals surface area contributed by atoms with Gasteiger partial charge in [-0.1, -0.05) is 18.2 Å². The van der Waals surface area contributed by atoms with Gasteiger partial charge in [0.25, 0.3) is 5.91 Å². The highest BCUT2D eigenvalue weighted by Crippen LogP contribution is 2.09. The highest BCUT2D eigenvalue weighted by atomic mass is 16.2. The van der Waals surface area contributed by atoms with Crippen LogP contribution in [0.5, 0.6) is 0 Å². The topological polar surface area (TPSA) is 46.3 Å². The second-order valence-electron chi connectivity index (χ2n) is 3.98. The van der Waals surface area contributed by atoms with E-state index in [0.29, 0.717) is 6.54 Å². The van der Waals surface area contributed by atoms with E-state index >= 15 is 0 Å². The summed E-state index contributed by atoms with van der Waals surface area (Å²) in [6.07, 6.45) is 0. The molecule has 15 heavy (non-hydrogen) atoms. The minimum absolute atomic E-state index is 0.00275. The fourth-order valence-electron chi connectivity index (χ4n) is 1.53. The van der Waals surface area contributed by atoms with Crippen LogP contribution in [0.15, 0.2) is 24.3 Å². The van der Waals surface area contributed by atoms with Gasteiger partial charge in [-0.2, -0.15) is 0 Å². The van der Waals surface area contributed by atoms with Crippen LogP contribution in [0.2, 0.25) is 0 Å². The molecule has 3 heteroatoms. The van der Waals surface area contributed by atoms with Crippen molar-refractivity contribution in [3.63, 3.8) is 0 Å². The summed E-state index contributed by atoms with van der Waals surface area (Å²) < 4.78 is 0. The van der Waals surface area contributed by atoms with Crippen LogP contribution in [0, 0.1) is 6.92 Å². The number of benzene rings is 1. The third kappa shape index (κ3) is 3.06. The number of nitrogens with two attached hydrogens (primary N) is 1. The Bertz CT molecular complexity index is 347. The van der Waals surface area contributed by atoms with Gasteiger partial charge in [0, 0.05) is 25.2 Å². The summed E-state index contributed by atoms with van der Waals surface area (Å²) in [6.45, 7) is 4.40. The number of hydrogen-bond donors (Lipinski definition) is 1. The van der Waals surface area contributed by atoms with Crippen LogP contribution >= 0.6 is 0 Å². The van der Waals surface area contributed by atoms with Crippen molar-refractivity contribution < 1.29 is 4.79 Å². The third-order valence-electron chi connectivity index (χ3n) is 2.28. The lowest BCUT2D eigenvalue weighted by atomic mass is 10.1. The molecular formula is C12H18N2O. The molecule has 0 saturated carbocycles. The van der Waals surface area contributed by atoms with Gasteiger partial charge >= 0.3 is 0 Å². The molecule has 1 rings (SSSR count). The Morgan fingerprint density at radius 2 is 2.07 bits per heavy atom. The summed E-state index contributed by atoms with van der Waals surface area (Å²) in [5.74, 6) is 0.0328. The molecule has 1 unspecified atom stereocenters. The Balaban J connectivity index is 2.81. The van der Waals surface area contributed by atoms with E-state index in [4.69, 9.17) is 5.73 Å². The number of likely N-dealkylation sites (N-methyl/N-ethyl adjacent to an activating group) is 1. The summed E-state index contributed by atoms with van der Waals surface area (Å²) >= 11 is 0. The average Bonchev–Trinajstić information content (AvgIpc) is 2.16. The van der Waals surface area contributed by atoms with Gasteiger partial charge in [0.05, 0.1) is 0 Å². The smallest absolute Gasteiger partial charge is 0.253 e. The number of carbonyl (C=O) groups excluding carboxylic acids is 1. The minimum Gasteiger partial charge on any atom is -0.340 e. The van der Waals surface area contributed by atoms with Gasteiger partial charge in [-0.05, 0) is 25.5 Å². The quantitative estimate of drug-likeness (QED) is 0.813. The molecule has 0 radical (unpaired) electrons. The Morgan fingerprint density at radius 1 is 1.47 bits per heavy atom. The fourth-order valence-corrected chi connectivity index (χ4v) is 1.53. The van der Waals surface area contributed by atoms with Crippen molar-refractivity contribution in [2.24, 2.45) is 5.73 Å². The molecule has 0 aliphatic carbocycles. The van der Waals surface area contributed by atoms with Gasteiger partial charge in [-0.25, -0.2) is 0 Å². The van der Waals surface area contributed by atoms with E-state index < -0.39 is 0 Å². The molecule has 0 fully saturated rings. The van der Waals surface area contributed by atoms with E-state index in [1.54, 1.807) is 11.9 Å². The monoisotopic (exact) mass is 206 g/mol. The summed E-state index contributed by atoms with van der Waals surface area (Å²) in [4.78, 5) is 13.6. The molecule has 0 heterocycles. The molecule has 0 aliphatic heterocycles. The predicted molar refractivity (Wildman–Crippen MR) is 61.8 cm³/mol. The summed E-state index contributed by atoms with van der Waals surface area (Å²) in [5, 5.41) is 0. The maximum Gasteiger partial charge on any atom is 0.253 e. The highest BCUT2D eigenvalue weighted by Gasteiger charge is 2.14. The summed E-state index contributed by atoms with van der Waals surface area (Å²) in [5.41, 5.74) is 7.40. The van der Waals surface area contributed by atoms with Crippen molar-refractivity contribution in [1.82, 2.24) is 4.90 Å². The van der Waals surface area contributed by atoms with Crippen LogP contribution in [0.3, 0.4) is 0 Å². The molecule has 3 nitrogen and oxygen atoms in total. The van der Waals surface area contributed by atoms with E-state index in [0.717, 1.165) is 11.1 Å². The van der Waals surface area contributed by atoms with Gasteiger partial charge < -0.3 is 10.6 Å². The Hall–Kier alpha value is -1.35. The zero-order chi connectivity index (χ0) is 11.4. The molecule has 1 amide bonds. The first-order chi connectivity index (χ1) is 7.02. The first kappa shape index (κ1) is 11.7. The van der Waals surface area contributed by atoms with Crippen LogP contribution in [-0.4, -0.2) is 30.4 Å². The minimum atomic E-state index is 0.00275. The molecular weight excluding hydrogens is 188 g/mol. The second kappa shape index (κ2) is 4.94. The Kier molecular flexibility index (Phi) is 3.86. The van der Waals surface area contributed by atoms with Crippen molar-refractivity contribution >= 4 is 5.91 Å². The van der Waals surface area contributed by atoms with Gasteiger partial charge in [0.2, 0.25) is 0 Å². The number of amides is 1. The van der Waals surface area contributed by atoms with E-state index in [-0.39, 0.29) is 11.9 Å². The number of carbonyl (C=O) groups is 1. The molecule has 82 valence electrons. The molecule has 0 aromatic heterocycles. The van der Waals surface area contributed by atoms with Crippen molar-refractivity contribution in [2.75, 3.05) is 13.6 Å². The number of hydrogen-bond acceptors (Lipinski definition) is 2. The maximum absolute atomic E-state index is 12.0. The van der Waals surface area contributed by atoms with E-state index in [9.17, 15) is 4.79 Å². The van der Waals surface area contributed by atoms with Crippen molar-refractivity contribution in [2.45, 2.75) is 19.9 Å². The lowest BCUT2D eigenvalue weighted by molar-refractivity contribution is 0.0788. The van der Waals surface area contributed by atoms with Crippen LogP contribution in [0.1, 0.15) is 22.8 Å². The van der Waals surface area contributed by atoms with Gasteiger partial charge in [0.1, 0.15) is 0 Å². The average molecular weight is 206 g/mol. The number of nitrogens with zero attached hydrogens (tertiary/aromatic N) is 1. The van der Waals surface area contributed by atoms with Crippen molar-refractivity contribution in [1.29, 1.82) is 0 Å². The molecule has 1 aromatic rings. The van der Waals surface area contributed by atoms with E-state index in [1.165, 1.54) is 0 Å². The summed E-state index contributed by atoms with van der Waals surface area (Å²) in [6, 6.07) is 7.59. The van der Waals surface area contributed by atoms with Crippen LogP contribution < -0.4 is 5.73 Å². The summed E-state index contributed by atoms with van der Waals surface area (Å²) in [7, 11) is 1.78. The SMILES string of the molecule is Cc1ccccc1C(=O)N(C)CC(C)N. The molecule has 0 aliphatic rings. The van der Waals surface area contributed by atoms with E-state index in [1.807, 2.05) is 38.1 Å². The first-order valence-electron chi connectivity index (χ1n) is 5.09. The molecule has 2 N–H and O–H groups in total. The van der Waals surface area contributed by atoms with Crippen LogP contribution in [-0.2, 0) is 0 Å². The zero-order valence-corrected chi connectivity index (χ0v) is 9.53. The van der Waals surface area contributed by atoms with E-state index in [2.05, 4.69) is 0 Å².